The number of hydrogen-bond donors (Lipinski definition) is 0. The van der Waals surface area contributed by atoms with Gasteiger partial charge < -0.3 is 4.42 Å². The Hall–Kier alpha value is -4.24. The van der Waals surface area contributed by atoms with E-state index in [1.54, 1.807) is 6.07 Å². The minimum absolute atomic E-state index is 0.243. The number of hydrogen-bond acceptors (Lipinski definition) is 1. The van der Waals surface area contributed by atoms with Crippen molar-refractivity contribution in [2.75, 3.05) is 0 Å². The number of halogens is 1. The van der Waals surface area contributed by atoms with Gasteiger partial charge in [-0.15, -0.1) is 0 Å². The van der Waals surface area contributed by atoms with E-state index in [1.807, 2.05) is 44.4 Å². The molecule has 1 saturated carbocycles. The number of furan rings is 1. The molecule has 4 aromatic carbocycles. The average molecular weight is 527 g/mol. The lowest BCUT2D eigenvalue weighted by atomic mass is 9.76. The Labute approximate surface area is 234 Å². The van der Waals surface area contributed by atoms with Crippen LogP contribution in [0.15, 0.2) is 108 Å². The Morgan fingerprint density at radius 2 is 1.40 bits per heavy atom. The van der Waals surface area contributed by atoms with Crippen molar-refractivity contribution >= 4 is 21.9 Å². The van der Waals surface area contributed by atoms with Gasteiger partial charge in [0.2, 0.25) is 5.69 Å². The molecule has 3 heteroatoms. The number of fused-ring (bicyclic) bond motifs is 3. The quantitative estimate of drug-likeness (QED) is 0.209. The summed E-state index contributed by atoms with van der Waals surface area (Å²) >= 11 is 0. The summed E-state index contributed by atoms with van der Waals surface area (Å²) in [6.45, 7) is 1.95. The van der Waals surface area contributed by atoms with E-state index in [4.69, 9.17) is 4.42 Å². The largest absolute Gasteiger partial charge is 0.454 e. The van der Waals surface area contributed by atoms with Crippen LogP contribution in [0.1, 0.15) is 54.2 Å². The first-order chi connectivity index (χ1) is 19.6. The number of nitrogens with zero attached hydrogens (tertiary/aromatic N) is 1. The number of pyridine rings is 1. The Bertz CT molecular complexity index is 1830. The van der Waals surface area contributed by atoms with Gasteiger partial charge in [-0.1, -0.05) is 72.8 Å². The van der Waals surface area contributed by atoms with Crippen LogP contribution in [0, 0.1) is 12.7 Å². The number of rotatable bonds is 4. The molecular formula is C37H33FNO+. The summed E-state index contributed by atoms with van der Waals surface area (Å²) in [6, 6.07) is 33.7. The molecule has 2 aromatic heterocycles. The summed E-state index contributed by atoms with van der Waals surface area (Å²) in [6.07, 6.45) is 6.92. The zero-order valence-corrected chi connectivity index (χ0v) is 23.0. The maximum absolute atomic E-state index is 15.5. The van der Waals surface area contributed by atoms with E-state index < -0.39 is 0 Å². The molecule has 0 aliphatic heterocycles. The zero-order chi connectivity index (χ0) is 27.2. The van der Waals surface area contributed by atoms with Crippen LogP contribution in [0.5, 0.6) is 0 Å². The topological polar surface area (TPSA) is 17.0 Å². The molecule has 6 aromatic rings. The summed E-state index contributed by atoms with van der Waals surface area (Å²) in [5, 5.41) is 1.36. The van der Waals surface area contributed by atoms with E-state index in [1.165, 1.54) is 36.8 Å². The van der Waals surface area contributed by atoms with E-state index in [0.717, 1.165) is 38.9 Å². The maximum Gasteiger partial charge on any atom is 0.216 e. The molecule has 0 N–H and O–H groups in total. The molecule has 1 fully saturated rings. The fraction of sp³-hybridized carbons (Fsp3) is 0.216. The summed E-state index contributed by atoms with van der Waals surface area (Å²) in [4.78, 5) is 0. The Balaban J connectivity index is 1.24. The molecule has 0 spiro atoms. The van der Waals surface area contributed by atoms with Gasteiger partial charge in [-0.05, 0) is 78.8 Å². The highest BCUT2D eigenvalue weighted by atomic mass is 19.1. The van der Waals surface area contributed by atoms with Crippen LogP contribution in [-0.2, 0) is 7.05 Å². The van der Waals surface area contributed by atoms with Gasteiger partial charge in [-0.2, -0.15) is 0 Å². The van der Waals surface area contributed by atoms with E-state index in [2.05, 4.69) is 71.3 Å². The van der Waals surface area contributed by atoms with Gasteiger partial charge in [0.05, 0.1) is 10.9 Å². The van der Waals surface area contributed by atoms with Crippen LogP contribution in [-0.4, -0.2) is 0 Å². The normalized spacial score (nSPS) is 17.5. The van der Waals surface area contributed by atoms with Crippen LogP contribution in [0.25, 0.3) is 44.3 Å². The monoisotopic (exact) mass is 526 g/mol. The molecule has 0 atom stereocenters. The molecule has 7 rings (SSSR count). The first-order valence-corrected chi connectivity index (χ1v) is 14.3. The highest BCUT2D eigenvalue weighted by Crippen LogP contribution is 2.43. The van der Waals surface area contributed by atoms with Gasteiger partial charge in [-0.3, -0.25) is 0 Å². The Morgan fingerprint density at radius 3 is 2.10 bits per heavy atom. The van der Waals surface area contributed by atoms with E-state index >= 15 is 4.39 Å². The lowest BCUT2D eigenvalue weighted by Gasteiger charge is -2.29. The molecule has 1 aliphatic rings. The first kappa shape index (κ1) is 24.8. The van der Waals surface area contributed by atoms with Crippen LogP contribution in [0.2, 0.25) is 0 Å². The van der Waals surface area contributed by atoms with Crippen LogP contribution < -0.4 is 4.57 Å². The third-order valence-corrected chi connectivity index (χ3v) is 8.92. The number of benzene rings is 4. The molecule has 1 aliphatic carbocycles. The molecular weight excluding hydrogens is 493 g/mol. The van der Waals surface area contributed by atoms with Gasteiger partial charge in [0.15, 0.2) is 11.8 Å². The highest BCUT2D eigenvalue weighted by molar-refractivity contribution is 6.13. The summed E-state index contributed by atoms with van der Waals surface area (Å²) in [7, 11) is 2.01. The van der Waals surface area contributed by atoms with Crippen molar-refractivity contribution in [1.29, 1.82) is 0 Å². The first-order valence-electron chi connectivity index (χ1n) is 14.3. The van der Waals surface area contributed by atoms with Crippen molar-refractivity contribution in [2.45, 2.75) is 44.4 Å². The van der Waals surface area contributed by atoms with E-state index in [-0.39, 0.29) is 5.82 Å². The standard InChI is InChI=1S/C37H33FNO/c1-24-23-32(38)35-31-12-8-11-30(36(31)40-37(35)34(24)33-13-6-7-22-39(33)2)29-20-18-28(19-21-29)27-16-14-26(15-17-27)25-9-4-3-5-10-25/h3-13,18-23,26-27H,14-17H2,1-2H3/q+1. The van der Waals surface area contributed by atoms with Crippen molar-refractivity contribution < 1.29 is 13.4 Å². The third kappa shape index (κ3) is 4.21. The SMILES string of the molecule is Cc1cc(F)c2c(oc3c(-c4ccc(C5CCC(c6ccccc6)CC5)cc4)cccc32)c1-c1cccc[n+]1C. The maximum atomic E-state index is 15.5. The van der Waals surface area contributed by atoms with Crippen molar-refractivity contribution in [1.82, 2.24) is 0 Å². The lowest BCUT2D eigenvalue weighted by molar-refractivity contribution is -0.660. The van der Waals surface area contributed by atoms with E-state index in [9.17, 15) is 0 Å². The molecule has 0 unspecified atom stereocenters. The fourth-order valence-corrected chi connectivity index (χ4v) is 6.79. The second-order valence-electron chi connectivity index (χ2n) is 11.3. The molecule has 0 amide bonds. The summed E-state index contributed by atoms with van der Waals surface area (Å²) < 4.78 is 24.1. The smallest absolute Gasteiger partial charge is 0.216 e. The Kier molecular flexibility index (Phi) is 6.23. The van der Waals surface area contributed by atoms with Crippen molar-refractivity contribution in [3.63, 3.8) is 0 Å². The van der Waals surface area contributed by atoms with Gasteiger partial charge in [0.25, 0.3) is 0 Å². The van der Waals surface area contributed by atoms with Crippen molar-refractivity contribution in [3.8, 4) is 22.4 Å². The molecule has 0 saturated heterocycles. The molecule has 2 heterocycles. The summed E-state index contributed by atoms with van der Waals surface area (Å²) in [5.41, 5.74) is 9.10. The van der Waals surface area contributed by atoms with Crippen LogP contribution >= 0.6 is 0 Å². The Morgan fingerprint density at radius 1 is 0.725 bits per heavy atom. The lowest BCUT2D eigenvalue weighted by Crippen LogP contribution is -2.30. The zero-order valence-electron chi connectivity index (χ0n) is 23.0. The second kappa shape index (κ2) is 10.1. The predicted octanol–water partition coefficient (Wildman–Crippen LogP) is 9.63. The van der Waals surface area contributed by atoms with Crippen molar-refractivity contribution in [2.24, 2.45) is 7.05 Å². The molecule has 198 valence electrons. The van der Waals surface area contributed by atoms with Gasteiger partial charge in [0.1, 0.15) is 18.4 Å². The number of aromatic nitrogens is 1. The van der Waals surface area contributed by atoms with Gasteiger partial charge in [-0.25, -0.2) is 8.96 Å². The molecule has 0 radical (unpaired) electrons. The fourth-order valence-electron chi connectivity index (χ4n) is 6.79. The van der Waals surface area contributed by atoms with Gasteiger partial charge in [0, 0.05) is 23.1 Å². The summed E-state index contributed by atoms with van der Waals surface area (Å²) in [5.74, 6) is 1.03. The average Bonchev–Trinajstić information content (AvgIpc) is 3.39. The van der Waals surface area contributed by atoms with Crippen molar-refractivity contribution in [3.05, 3.63) is 126 Å². The third-order valence-electron chi connectivity index (χ3n) is 8.92. The van der Waals surface area contributed by atoms with Gasteiger partial charge >= 0.3 is 0 Å². The highest BCUT2D eigenvalue weighted by Gasteiger charge is 2.25. The van der Waals surface area contributed by atoms with E-state index in [0.29, 0.717) is 22.8 Å². The molecule has 0 bridgehead atoms. The minimum atomic E-state index is -0.243. The second-order valence-corrected chi connectivity index (χ2v) is 11.3. The minimum Gasteiger partial charge on any atom is -0.454 e. The molecule has 2 nitrogen and oxygen atoms in total. The van der Waals surface area contributed by atoms with Crippen LogP contribution in [0.3, 0.4) is 0 Å². The number of para-hydroxylation sites is 1. The van der Waals surface area contributed by atoms with Crippen LogP contribution in [0.4, 0.5) is 4.39 Å². The predicted molar refractivity (Wildman–Crippen MR) is 161 cm³/mol. The number of aryl methyl sites for hydroxylation is 2. The molecule has 40 heavy (non-hydrogen) atoms.